The van der Waals surface area contributed by atoms with Gasteiger partial charge in [0.05, 0.1) is 6.61 Å². The molecule has 0 heterocycles. The summed E-state index contributed by atoms with van der Waals surface area (Å²) >= 11 is 0. The Balaban J connectivity index is 0. The molecule has 0 rings (SSSR count). The van der Waals surface area contributed by atoms with E-state index in [0.717, 1.165) is 12.8 Å². The first-order valence-electron chi connectivity index (χ1n) is 11.1. The van der Waals surface area contributed by atoms with Gasteiger partial charge in [0.1, 0.15) is 12.7 Å². The fraction of sp³-hybridized carbons (Fsp3) is 0.870. The molecule has 0 aliphatic heterocycles. The van der Waals surface area contributed by atoms with Gasteiger partial charge >= 0.3 is 5.97 Å². The molecule has 4 nitrogen and oxygen atoms in total. The molecule has 0 radical (unpaired) electrons. The van der Waals surface area contributed by atoms with Crippen molar-refractivity contribution >= 4 is 5.97 Å². The van der Waals surface area contributed by atoms with Gasteiger partial charge in [-0.1, -0.05) is 96.8 Å². The van der Waals surface area contributed by atoms with Crippen molar-refractivity contribution < 1.29 is 19.7 Å². The first-order valence-corrected chi connectivity index (χ1v) is 11.1. The SMILES string of the molecule is C=C.CCCCCCCCCCCCCCCCCC(=O)OCC(O)CO. The topological polar surface area (TPSA) is 66.8 Å². The van der Waals surface area contributed by atoms with E-state index in [0.29, 0.717) is 6.42 Å². The van der Waals surface area contributed by atoms with Crippen LogP contribution in [0.3, 0.4) is 0 Å². The number of carbonyl (C=O) groups is 1. The predicted molar refractivity (Wildman–Crippen MR) is 115 cm³/mol. The minimum Gasteiger partial charge on any atom is -0.463 e. The third-order valence-electron chi connectivity index (χ3n) is 4.63. The monoisotopic (exact) mass is 386 g/mol. The third-order valence-corrected chi connectivity index (χ3v) is 4.63. The molecule has 2 N–H and O–H groups in total. The van der Waals surface area contributed by atoms with Crippen LogP contribution in [0, 0.1) is 0 Å². The Morgan fingerprint density at radius 3 is 1.52 bits per heavy atom. The molecule has 27 heavy (non-hydrogen) atoms. The number of carbonyl (C=O) groups excluding carboxylic acids is 1. The van der Waals surface area contributed by atoms with Crippen LogP contribution in [0.4, 0.5) is 0 Å². The minimum absolute atomic E-state index is 0.103. The highest BCUT2D eigenvalue weighted by molar-refractivity contribution is 5.69. The standard InChI is InChI=1S/C21H42O4.C2H4/c1-2-3-4-5-6-7-8-9-10-11-12-13-14-15-16-17-21(24)25-19-20(23)18-22;1-2/h20,22-23H,2-19H2,1H3;1-2H2. The molecule has 0 fully saturated rings. The largest absolute Gasteiger partial charge is 0.463 e. The van der Waals surface area contributed by atoms with Crippen LogP contribution in [0.25, 0.3) is 0 Å². The Labute approximate surface area is 168 Å². The molecular formula is C23H46O4. The summed E-state index contributed by atoms with van der Waals surface area (Å²) in [4.78, 5) is 11.4. The smallest absolute Gasteiger partial charge is 0.305 e. The average Bonchev–Trinajstić information content (AvgIpc) is 2.70. The maximum absolute atomic E-state index is 11.4. The molecule has 1 atom stereocenters. The van der Waals surface area contributed by atoms with Crippen molar-refractivity contribution in [1.82, 2.24) is 0 Å². The molecule has 4 heteroatoms. The summed E-state index contributed by atoms with van der Waals surface area (Å²) in [6.45, 7) is 7.79. The second kappa shape index (κ2) is 25.1. The van der Waals surface area contributed by atoms with Crippen molar-refractivity contribution in [2.45, 2.75) is 116 Å². The zero-order chi connectivity index (χ0) is 20.6. The second-order valence-electron chi connectivity index (χ2n) is 7.22. The van der Waals surface area contributed by atoms with Crippen LogP contribution in [0.15, 0.2) is 13.2 Å². The van der Waals surface area contributed by atoms with Gasteiger partial charge in [-0.25, -0.2) is 0 Å². The first-order chi connectivity index (χ1) is 13.2. The molecular weight excluding hydrogens is 340 g/mol. The lowest BCUT2D eigenvalue weighted by molar-refractivity contribution is -0.147. The predicted octanol–water partition coefficient (Wildman–Crippen LogP) is 5.95. The van der Waals surface area contributed by atoms with Gasteiger partial charge in [-0.15, -0.1) is 13.2 Å². The molecule has 0 bridgehead atoms. The van der Waals surface area contributed by atoms with E-state index in [1.54, 1.807) is 0 Å². The molecule has 162 valence electrons. The Morgan fingerprint density at radius 2 is 1.15 bits per heavy atom. The fourth-order valence-corrected chi connectivity index (χ4v) is 2.95. The van der Waals surface area contributed by atoms with E-state index < -0.39 is 6.10 Å². The Bertz CT molecular complexity index is 294. The van der Waals surface area contributed by atoms with Crippen LogP contribution in [-0.2, 0) is 9.53 Å². The lowest BCUT2D eigenvalue weighted by Crippen LogP contribution is -2.21. The van der Waals surface area contributed by atoms with Crippen molar-refractivity contribution in [2.75, 3.05) is 13.2 Å². The maximum atomic E-state index is 11.4. The van der Waals surface area contributed by atoms with Gasteiger partial charge in [0.25, 0.3) is 0 Å². The summed E-state index contributed by atoms with van der Waals surface area (Å²) in [6.07, 6.45) is 19.0. The van der Waals surface area contributed by atoms with Gasteiger partial charge in [-0.05, 0) is 6.42 Å². The summed E-state index contributed by atoms with van der Waals surface area (Å²) in [5, 5.41) is 17.7. The highest BCUT2D eigenvalue weighted by Crippen LogP contribution is 2.13. The van der Waals surface area contributed by atoms with Crippen LogP contribution in [0.1, 0.15) is 110 Å². The van der Waals surface area contributed by atoms with Crippen molar-refractivity contribution in [1.29, 1.82) is 0 Å². The third kappa shape index (κ3) is 25.1. The van der Waals surface area contributed by atoms with Gasteiger partial charge in [-0.3, -0.25) is 4.79 Å². The Kier molecular flexibility index (Phi) is 26.4. The molecule has 0 amide bonds. The van der Waals surface area contributed by atoms with Crippen molar-refractivity contribution in [2.24, 2.45) is 0 Å². The molecule has 1 unspecified atom stereocenters. The maximum Gasteiger partial charge on any atom is 0.305 e. The van der Waals surface area contributed by atoms with Crippen LogP contribution in [0.5, 0.6) is 0 Å². The fourth-order valence-electron chi connectivity index (χ4n) is 2.95. The molecule has 0 spiro atoms. The highest BCUT2D eigenvalue weighted by Gasteiger charge is 2.07. The number of aliphatic hydroxyl groups is 2. The first kappa shape index (κ1) is 28.3. The van der Waals surface area contributed by atoms with Gasteiger partial charge in [-0.2, -0.15) is 0 Å². The van der Waals surface area contributed by atoms with Crippen LogP contribution < -0.4 is 0 Å². The number of aliphatic hydroxyl groups excluding tert-OH is 2. The Hall–Kier alpha value is -0.870. The van der Waals surface area contributed by atoms with Crippen molar-refractivity contribution in [3.63, 3.8) is 0 Å². The van der Waals surface area contributed by atoms with E-state index in [1.807, 2.05) is 0 Å². The van der Waals surface area contributed by atoms with E-state index in [-0.39, 0.29) is 19.2 Å². The van der Waals surface area contributed by atoms with Gasteiger partial charge in [0, 0.05) is 6.42 Å². The van der Waals surface area contributed by atoms with Gasteiger partial charge in [0.2, 0.25) is 0 Å². The van der Waals surface area contributed by atoms with Crippen molar-refractivity contribution in [3.05, 3.63) is 13.2 Å². The van der Waals surface area contributed by atoms with E-state index in [2.05, 4.69) is 20.1 Å². The lowest BCUT2D eigenvalue weighted by Gasteiger charge is -2.08. The second-order valence-corrected chi connectivity index (χ2v) is 7.22. The number of esters is 1. The number of ether oxygens (including phenoxy) is 1. The summed E-state index contributed by atoms with van der Waals surface area (Å²) in [6, 6.07) is 0. The van der Waals surface area contributed by atoms with E-state index >= 15 is 0 Å². The zero-order valence-corrected chi connectivity index (χ0v) is 17.9. The van der Waals surface area contributed by atoms with Crippen LogP contribution in [0.2, 0.25) is 0 Å². The minimum atomic E-state index is -0.954. The van der Waals surface area contributed by atoms with Gasteiger partial charge in [0.15, 0.2) is 0 Å². The number of unbranched alkanes of at least 4 members (excludes halogenated alkanes) is 14. The van der Waals surface area contributed by atoms with E-state index in [1.165, 1.54) is 83.5 Å². The average molecular weight is 387 g/mol. The van der Waals surface area contributed by atoms with Gasteiger partial charge < -0.3 is 14.9 Å². The van der Waals surface area contributed by atoms with E-state index in [4.69, 9.17) is 14.9 Å². The quantitative estimate of drug-likeness (QED) is 0.164. The molecule has 0 aromatic carbocycles. The Morgan fingerprint density at radius 1 is 0.778 bits per heavy atom. The highest BCUT2D eigenvalue weighted by atomic mass is 16.5. The summed E-state index contributed by atoms with van der Waals surface area (Å²) in [5.74, 6) is -0.276. The molecule has 0 aliphatic carbocycles. The lowest BCUT2D eigenvalue weighted by atomic mass is 10.0. The van der Waals surface area contributed by atoms with E-state index in [9.17, 15) is 4.79 Å². The van der Waals surface area contributed by atoms with Crippen LogP contribution >= 0.6 is 0 Å². The molecule has 0 saturated carbocycles. The van der Waals surface area contributed by atoms with Crippen LogP contribution in [-0.4, -0.2) is 35.5 Å². The molecule has 0 aromatic rings. The number of hydrogen-bond acceptors (Lipinski definition) is 4. The zero-order valence-electron chi connectivity index (χ0n) is 17.9. The molecule has 0 aliphatic rings. The number of hydrogen-bond donors (Lipinski definition) is 2. The normalized spacial score (nSPS) is 11.5. The molecule has 0 saturated heterocycles. The summed E-state index contributed by atoms with van der Waals surface area (Å²) < 4.78 is 4.86. The van der Waals surface area contributed by atoms with Crippen molar-refractivity contribution in [3.8, 4) is 0 Å². The summed E-state index contributed by atoms with van der Waals surface area (Å²) in [5.41, 5.74) is 0. The number of rotatable bonds is 19. The summed E-state index contributed by atoms with van der Waals surface area (Å²) in [7, 11) is 0. The molecule has 0 aromatic heterocycles.